The summed E-state index contributed by atoms with van der Waals surface area (Å²) in [6.45, 7) is 3.84. The van der Waals surface area contributed by atoms with Crippen molar-refractivity contribution in [1.82, 2.24) is 30.2 Å². The topological polar surface area (TPSA) is 370 Å². The van der Waals surface area contributed by atoms with Crippen LogP contribution in [0.5, 0.6) is 0 Å². The first-order chi connectivity index (χ1) is 24.1. The van der Waals surface area contributed by atoms with Gasteiger partial charge in [-0.2, -0.15) is 22.2 Å². The minimum Gasteiger partial charge on any atom is -0.386 e. The van der Waals surface area contributed by atoms with Crippen LogP contribution in [0.1, 0.15) is 26.5 Å². The van der Waals surface area contributed by atoms with Crippen LogP contribution in [0.2, 0.25) is 0 Å². The molecule has 1 saturated heterocycles. The number of thiol groups is 1. The van der Waals surface area contributed by atoms with Crippen molar-refractivity contribution in [1.29, 1.82) is 5.26 Å². The van der Waals surface area contributed by atoms with Crippen LogP contribution in [-0.2, 0) is 45.9 Å². The number of nitrogens with one attached hydrogen (secondary N) is 2. The number of nitrogen functional groups attached to an aromatic ring is 1. The predicted molar refractivity (Wildman–Crippen MR) is 179 cm³/mol. The Bertz CT molecular complexity index is 1740. The molecule has 1 aliphatic rings. The van der Waals surface area contributed by atoms with Crippen LogP contribution >= 0.6 is 36.1 Å². The van der Waals surface area contributed by atoms with Crippen molar-refractivity contribution in [3.8, 4) is 6.07 Å². The number of aliphatic hydroxyl groups is 2. The second kappa shape index (κ2) is 19.4. The fourth-order valence-corrected chi connectivity index (χ4v) is 7.08. The van der Waals surface area contributed by atoms with Gasteiger partial charge in [0.25, 0.3) is 0 Å². The fourth-order valence-electron chi connectivity index (χ4n) is 4.14. The number of phosphoric ester groups is 3. The van der Waals surface area contributed by atoms with Gasteiger partial charge in [-0.3, -0.25) is 27.7 Å². The Morgan fingerprint density at radius 1 is 1.17 bits per heavy atom. The number of nitrogens with two attached hydrogens (primary N) is 1. The summed E-state index contributed by atoms with van der Waals surface area (Å²) in [6, 6.07) is 1.69. The van der Waals surface area contributed by atoms with Gasteiger partial charge >= 0.3 is 23.5 Å². The number of carbonyl (C=O) groups excluding carboxylic acids is 2. The van der Waals surface area contributed by atoms with Crippen molar-refractivity contribution < 1.29 is 75.7 Å². The van der Waals surface area contributed by atoms with Gasteiger partial charge in [-0.15, -0.1) is 0 Å². The lowest BCUT2D eigenvalue weighted by molar-refractivity contribution is -0.137. The summed E-state index contributed by atoms with van der Waals surface area (Å²) in [5.41, 5.74) is 4.30. The van der Waals surface area contributed by atoms with Crippen molar-refractivity contribution in [2.75, 3.05) is 37.8 Å². The minimum absolute atomic E-state index is 0.0363. The van der Waals surface area contributed by atoms with Gasteiger partial charge in [0, 0.05) is 36.8 Å². The first kappa shape index (κ1) is 45.3. The average Bonchev–Trinajstić information content (AvgIpc) is 3.61. The standard InChI is InChI=1S/C21H36N7O16P3S.C3H3N/c1-21(2,16(31)19(32)24-4-3-12(29)23-5-6-48)8-41-47(38,39)44-46(36,37)40-7-11-15(43-45(33,34)35)14(30)20(42-11)28-10-27-13-17(22)25-9-26-18(13)28;1-2-3-4/h9-11,14-16,20,30-31,48H,3-8H2,1-2H3,(H,23,29)(H,24,32)(H,36,37)(H,38,39)(H2,22,25,26)(H2,33,34,35);2H,1H2/t11-,14-,15-,16+,20-;/m1./s1. The van der Waals surface area contributed by atoms with Crippen LogP contribution in [0.3, 0.4) is 0 Å². The smallest absolute Gasteiger partial charge is 0.386 e. The maximum absolute atomic E-state index is 12.6. The molecule has 28 heteroatoms. The zero-order valence-electron chi connectivity index (χ0n) is 27.4. The van der Waals surface area contributed by atoms with Gasteiger partial charge in [-0.1, -0.05) is 20.4 Å². The quantitative estimate of drug-likeness (QED) is 0.0491. The summed E-state index contributed by atoms with van der Waals surface area (Å²) in [7, 11) is -16.3. The number of anilines is 1. The Hall–Kier alpha value is -2.88. The summed E-state index contributed by atoms with van der Waals surface area (Å²) in [5, 5.41) is 33.6. The summed E-state index contributed by atoms with van der Waals surface area (Å²) in [5.74, 6) is -0.943. The molecule has 0 spiro atoms. The van der Waals surface area contributed by atoms with Gasteiger partial charge < -0.3 is 50.9 Å². The molecular formula is C24H39N8O16P3S. The molecule has 2 aromatic heterocycles. The van der Waals surface area contributed by atoms with Gasteiger partial charge in [0.15, 0.2) is 17.7 Å². The predicted octanol–water partition coefficient (Wildman–Crippen LogP) is -0.969. The summed E-state index contributed by atoms with van der Waals surface area (Å²) in [6.07, 6.45) is -5.56. The van der Waals surface area contributed by atoms with Crippen molar-refractivity contribution >= 4 is 64.9 Å². The minimum atomic E-state index is -5.54. The highest BCUT2D eigenvalue weighted by atomic mass is 32.1. The van der Waals surface area contributed by atoms with E-state index in [1.165, 1.54) is 19.9 Å². The number of imidazole rings is 1. The van der Waals surface area contributed by atoms with Crippen molar-refractivity contribution in [3.05, 3.63) is 25.3 Å². The maximum Gasteiger partial charge on any atom is 0.481 e. The number of aliphatic hydroxyl groups excluding tert-OH is 2. The van der Waals surface area contributed by atoms with Gasteiger partial charge in [-0.25, -0.2) is 28.6 Å². The number of hydrogen-bond donors (Lipinski definition) is 10. The number of hydrogen-bond acceptors (Lipinski definition) is 18. The number of aromatic nitrogens is 4. The Morgan fingerprint density at radius 3 is 2.40 bits per heavy atom. The van der Waals surface area contributed by atoms with Gasteiger partial charge in [-0.05, 0) is 0 Å². The molecule has 2 unspecified atom stereocenters. The number of nitriles is 1. The highest BCUT2D eigenvalue weighted by Gasteiger charge is 2.50. The molecule has 7 atom stereocenters. The molecule has 52 heavy (non-hydrogen) atoms. The van der Waals surface area contributed by atoms with E-state index >= 15 is 0 Å². The van der Waals surface area contributed by atoms with E-state index in [-0.39, 0.29) is 35.9 Å². The molecule has 0 aliphatic carbocycles. The lowest BCUT2D eigenvalue weighted by Gasteiger charge is -2.30. The average molecular weight is 821 g/mol. The second-order valence-corrected chi connectivity index (χ2v) is 15.8. The third-order valence-corrected chi connectivity index (χ3v) is 9.93. The first-order valence-corrected chi connectivity index (χ1v) is 19.7. The van der Waals surface area contributed by atoms with Crippen molar-refractivity contribution in [2.45, 2.75) is 50.9 Å². The number of phosphoric acid groups is 3. The summed E-state index contributed by atoms with van der Waals surface area (Å²) in [4.78, 5) is 74.6. The van der Waals surface area contributed by atoms with Crippen LogP contribution in [0.4, 0.5) is 5.82 Å². The summed E-state index contributed by atoms with van der Waals surface area (Å²) >= 11 is 3.95. The van der Waals surface area contributed by atoms with E-state index in [2.05, 4.69) is 53.6 Å². The van der Waals surface area contributed by atoms with Crippen LogP contribution in [0, 0.1) is 16.7 Å². The maximum atomic E-state index is 12.6. The molecule has 2 aromatic rings. The third kappa shape index (κ3) is 13.8. The van der Waals surface area contributed by atoms with Crippen molar-refractivity contribution in [3.63, 3.8) is 0 Å². The molecule has 0 saturated carbocycles. The van der Waals surface area contributed by atoms with E-state index in [4.69, 9.17) is 24.8 Å². The van der Waals surface area contributed by atoms with Gasteiger partial charge in [0.2, 0.25) is 11.8 Å². The number of fused-ring (bicyclic) bond motifs is 1. The Kier molecular flexibility index (Phi) is 16.9. The summed E-state index contributed by atoms with van der Waals surface area (Å²) < 4.78 is 61.7. The lowest BCUT2D eigenvalue weighted by atomic mass is 9.87. The Labute approximate surface area is 301 Å². The van der Waals surface area contributed by atoms with E-state index in [9.17, 15) is 53.1 Å². The molecule has 1 aliphatic heterocycles. The number of amides is 2. The number of carbonyl (C=O) groups is 2. The Balaban J connectivity index is 0.00000222. The molecule has 3 heterocycles. The fraction of sp³-hybridized carbons (Fsp3) is 0.583. The first-order valence-electron chi connectivity index (χ1n) is 14.6. The number of nitrogens with zero attached hydrogens (tertiary/aromatic N) is 5. The van der Waals surface area contributed by atoms with Gasteiger partial charge in [0.1, 0.15) is 36.3 Å². The molecule has 0 radical (unpaired) electrons. The molecule has 292 valence electrons. The third-order valence-electron chi connectivity index (χ3n) is 6.60. The second-order valence-electron chi connectivity index (χ2n) is 11.1. The normalized spacial score (nSPS) is 21.8. The number of rotatable bonds is 18. The molecule has 2 amide bonds. The van der Waals surface area contributed by atoms with E-state index in [1.807, 2.05) is 0 Å². The van der Waals surface area contributed by atoms with Crippen LogP contribution in [0.15, 0.2) is 25.3 Å². The molecule has 3 rings (SSSR count). The molecule has 0 bridgehead atoms. The Morgan fingerprint density at radius 2 is 1.81 bits per heavy atom. The van der Waals surface area contributed by atoms with Crippen LogP contribution in [-0.4, -0.2) is 118 Å². The molecule has 0 aromatic carbocycles. The van der Waals surface area contributed by atoms with Gasteiger partial charge in [0.05, 0.1) is 25.6 Å². The molecule has 24 nitrogen and oxygen atoms in total. The molecular weight excluding hydrogens is 781 g/mol. The number of allylic oxidation sites excluding steroid dienone is 1. The zero-order chi connectivity index (χ0) is 39.5. The highest BCUT2D eigenvalue weighted by Crippen LogP contribution is 2.61. The zero-order valence-corrected chi connectivity index (χ0v) is 31.0. The van der Waals surface area contributed by atoms with E-state index in [1.54, 1.807) is 6.07 Å². The molecule has 1 fully saturated rings. The van der Waals surface area contributed by atoms with Crippen molar-refractivity contribution in [2.24, 2.45) is 5.41 Å². The van der Waals surface area contributed by atoms with Crippen LogP contribution in [0.25, 0.3) is 11.2 Å². The SMILES string of the molecule is C=CC#N.CC(C)(COP(=O)(O)OP(=O)(O)OC[C@H]1O[C@@H](n2cnc3c(N)ncnc32)[C@H](O)[C@@H]1OP(=O)(O)O)[C@@H](O)C(=O)NCCC(=O)NCCS. The monoisotopic (exact) mass is 820 g/mol. The highest BCUT2D eigenvalue weighted by molar-refractivity contribution is 7.80. The van der Waals surface area contributed by atoms with E-state index in [0.29, 0.717) is 12.3 Å². The lowest BCUT2D eigenvalue weighted by Crippen LogP contribution is -2.46. The van der Waals surface area contributed by atoms with E-state index < -0.39 is 78.6 Å². The largest absolute Gasteiger partial charge is 0.481 e. The van der Waals surface area contributed by atoms with Crippen LogP contribution < -0.4 is 16.4 Å². The van der Waals surface area contributed by atoms with E-state index in [0.717, 1.165) is 17.2 Å². The number of ether oxygens (including phenoxy) is 1. The molecule has 10 N–H and O–H groups in total.